The topological polar surface area (TPSA) is 54.0 Å². The number of rotatable bonds is 4. The summed E-state index contributed by atoms with van der Waals surface area (Å²) in [6.45, 7) is 27.7. The van der Waals surface area contributed by atoms with Crippen LogP contribution >= 0.6 is 0 Å². The summed E-state index contributed by atoms with van der Waals surface area (Å²) in [5.41, 5.74) is 19.6. The van der Waals surface area contributed by atoms with E-state index in [2.05, 4.69) is 277 Å². The van der Waals surface area contributed by atoms with E-state index in [1.165, 1.54) is 86.9 Å². The van der Waals surface area contributed by atoms with Gasteiger partial charge in [-0.2, -0.15) is 0 Å². The third kappa shape index (κ3) is 8.96. The number of nitrogens with zero attached hydrogens (tertiary/aromatic N) is 4. The Morgan fingerprint density at radius 2 is 0.553 bits per heavy atom. The van der Waals surface area contributed by atoms with Crippen LogP contribution in [0.25, 0.3) is 156 Å². The van der Waals surface area contributed by atoms with E-state index < -0.39 is 0 Å². The SMILES string of the molecule is CC(C)(C)c1cc(-c2c3nc(c(-c4ccc5ccc6cccc7ccc4c5c67)c4ccc([n-]4)c(-c4cc(C(C)(C)C)cc(C(C)(C)C)c4)c4nc(c(-c5ccc6ccc7cccc8ccc5c6c78)c5ccc2[n-]5)C=C4)C=C3)cc(C(C)(C)C)c1.[Pd+2]. The van der Waals surface area contributed by atoms with Crippen LogP contribution in [0, 0.1) is 0 Å². The zero-order valence-corrected chi connectivity index (χ0v) is 52.1. The molecule has 5 heteroatoms. The molecule has 0 saturated heterocycles. The molecule has 0 amide bonds. The van der Waals surface area contributed by atoms with Crippen molar-refractivity contribution in [2.75, 3.05) is 0 Å². The van der Waals surface area contributed by atoms with Crippen LogP contribution in [0.2, 0.25) is 0 Å². The zero-order chi connectivity index (χ0) is 57.9. The largest absolute Gasteiger partial charge is 2.00 e. The van der Waals surface area contributed by atoms with Crippen LogP contribution in [-0.2, 0) is 42.1 Å². The fourth-order valence-electron chi connectivity index (χ4n) is 13.4. The van der Waals surface area contributed by atoms with Gasteiger partial charge in [0.05, 0.1) is 22.8 Å². The van der Waals surface area contributed by atoms with Gasteiger partial charge in [-0.15, -0.1) is 22.1 Å². The summed E-state index contributed by atoms with van der Waals surface area (Å²) >= 11 is 0. The molecular formula is C80H68N4Pd. The molecule has 8 bridgehead atoms. The minimum Gasteiger partial charge on any atom is -0.657 e. The van der Waals surface area contributed by atoms with Gasteiger partial charge in [0.15, 0.2) is 0 Å². The number of benzene rings is 10. The van der Waals surface area contributed by atoms with Crippen molar-refractivity contribution in [3.8, 4) is 44.5 Å². The normalized spacial score (nSPS) is 13.2. The van der Waals surface area contributed by atoms with Gasteiger partial charge >= 0.3 is 20.4 Å². The molecule has 85 heavy (non-hydrogen) atoms. The predicted octanol–water partition coefficient (Wildman–Crippen LogP) is 21.6. The number of hydrogen-bond acceptors (Lipinski definition) is 2. The molecule has 4 nitrogen and oxygen atoms in total. The molecule has 13 aromatic rings. The van der Waals surface area contributed by atoms with Crippen molar-refractivity contribution in [1.82, 2.24) is 19.9 Å². The Morgan fingerprint density at radius 1 is 0.282 bits per heavy atom. The van der Waals surface area contributed by atoms with Gasteiger partial charge in [0.1, 0.15) is 0 Å². The molecule has 0 N–H and O–H groups in total. The summed E-state index contributed by atoms with van der Waals surface area (Å²) < 4.78 is 0. The molecule has 0 saturated carbocycles. The monoisotopic (exact) mass is 1190 g/mol. The molecule has 0 spiro atoms. The maximum atomic E-state index is 5.87. The molecule has 0 unspecified atom stereocenters. The summed E-state index contributed by atoms with van der Waals surface area (Å²) in [7, 11) is 0. The molecule has 0 atom stereocenters. The zero-order valence-electron chi connectivity index (χ0n) is 50.6. The average molecular weight is 1190 g/mol. The van der Waals surface area contributed by atoms with E-state index in [-0.39, 0.29) is 42.1 Å². The fourth-order valence-corrected chi connectivity index (χ4v) is 13.4. The van der Waals surface area contributed by atoms with Crippen molar-refractivity contribution in [1.29, 1.82) is 0 Å². The van der Waals surface area contributed by atoms with Gasteiger partial charge in [0, 0.05) is 0 Å². The molecule has 15 rings (SSSR count). The van der Waals surface area contributed by atoms with E-state index in [9.17, 15) is 0 Å². The molecule has 0 aliphatic carbocycles. The first kappa shape index (κ1) is 54.5. The summed E-state index contributed by atoms with van der Waals surface area (Å²) in [6.07, 6.45) is 8.88. The minimum absolute atomic E-state index is 0. The Kier molecular flexibility index (Phi) is 12.4. The maximum absolute atomic E-state index is 5.87. The Bertz CT molecular complexity index is 4750. The van der Waals surface area contributed by atoms with Crippen LogP contribution in [-0.4, -0.2) is 9.97 Å². The van der Waals surface area contributed by atoms with Crippen molar-refractivity contribution in [2.24, 2.45) is 0 Å². The quantitative estimate of drug-likeness (QED) is 0.130. The second-order valence-corrected chi connectivity index (χ2v) is 27.9. The Labute approximate surface area is 512 Å². The first-order valence-electron chi connectivity index (χ1n) is 29.8. The molecular weight excluding hydrogens is 1120 g/mol. The third-order valence-electron chi connectivity index (χ3n) is 18.1. The number of hydrogen-bond donors (Lipinski definition) is 0. The second kappa shape index (κ2) is 19.3. The van der Waals surface area contributed by atoms with E-state index in [1.807, 2.05) is 0 Å². The Morgan fingerprint density at radius 3 is 0.871 bits per heavy atom. The van der Waals surface area contributed by atoms with Crippen LogP contribution in [0.15, 0.2) is 170 Å². The molecule has 418 valence electrons. The van der Waals surface area contributed by atoms with Crippen molar-refractivity contribution < 1.29 is 20.4 Å². The van der Waals surface area contributed by atoms with E-state index in [0.717, 1.165) is 89.4 Å². The van der Waals surface area contributed by atoms with Crippen LogP contribution in [0.3, 0.4) is 0 Å². The Hall–Kier alpha value is -8.46. The van der Waals surface area contributed by atoms with E-state index in [1.54, 1.807) is 0 Å². The van der Waals surface area contributed by atoms with Crippen LogP contribution in [0.5, 0.6) is 0 Å². The summed E-state index contributed by atoms with van der Waals surface area (Å²) in [5, 5.41) is 14.7. The first-order chi connectivity index (χ1) is 40.1. The molecule has 3 aromatic heterocycles. The van der Waals surface area contributed by atoms with Crippen LogP contribution < -0.4 is 9.97 Å². The second-order valence-electron chi connectivity index (χ2n) is 27.9. The van der Waals surface area contributed by atoms with Crippen molar-refractivity contribution in [3.05, 3.63) is 215 Å². The molecule has 0 radical (unpaired) electrons. The van der Waals surface area contributed by atoms with E-state index in [4.69, 9.17) is 19.9 Å². The average Bonchev–Trinajstić information content (AvgIpc) is 1.71. The minimum atomic E-state index is -0.128. The third-order valence-corrected chi connectivity index (χ3v) is 18.1. The predicted molar refractivity (Wildman–Crippen MR) is 361 cm³/mol. The van der Waals surface area contributed by atoms with Gasteiger partial charge in [-0.25, -0.2) is 9.97 Å². The van der Waals surface area contributed by atoms with E-state index in [0.29, 0.717) is 0 Å². The van der Waals surface area contributed by atoms with Crippen molar-refractivity contribution >= 4 is 111 Å². The van der Waals surface area contributed by atoms with Gasteiger partial charge in [-0.05, 0) is 177 Å². The summed E-state index contributed by atoms with van der Waals surface area (Å²) in [4.78, 5) is 23.5. The van der Waals surface area contributed by atoms with Gasteiger partial charge in [-0.1, -0.05) is 253 Å². The van der Waals surface area contributed by atoms with Crippen LogP contribution in [0.1, 0.15) is 128 Å². The number of fused-ring (bicyclic) bond motifs is 8. The van der Waals surface area contributed by atoms with Crippen LogP contribution in [0.4, 0.5) is 0 Å². The summed E-state index contributed by atoms with van der Waals surface area (Å²) in [6, 6.07) is 63.9. The Balaban J connectivity index is 0.00000640. The van der Waals surface area contributed by atoms with Gasteiger partial charge < -0.3 is 9.97 Å². The molecule has 5 heterocycles. The standard InChI is InChI=1S/C80H68N4.Pd/c1-77(2,3)53-39-51(40-54(43-53)78(4,5)6)73-61-31-35-65(81-61)75(59-29-25-49-21-19-45-15-13-17-47-23-27-57(59)71(49)69(45)47)67-37-33-63(83-67)74(52-41-55(79(7,8)9)44-56(42-52)80(10,11)12)64-34-38-68(84-64)76(66-36-32-62(73)82-66)60-30-26-50-22-20-46-16-14-18-48-24-28-58(60)72(50)70(46)48;/h13-44H,1-12H3;/q-2;+2. The molecule has 0 fully saturated rings. The fraction of sp³-hybridized carbons (Fsp3) is 0.200. The van der Waals surface area contributed by atoms with Gasteiger partial charge in [0.25, 0.3) is 0 Å². The number of aromatic nitrogens is 4. The van der Waals surface area contributed by atoms with Crippen molar-refractivity contribution in [3.63, 3.8) is 0 Å². The van der Waals surface area contributed by atoms with Crippen molar-refractivity contribution in [2.45, 2.75) is 105 Å². The maximum Gasteiger partial charge on any atom is 2.00 e. The van der Waals surface area contributed by atoms with E-state index >= 15 is 0 Å². The smallest absolute Gasteiger partial charge is 0.657 e. The first-order valence-corrected chi connectivity index (χ1v) is 29.8. The van der Waals surface area contributed by atoms with Gasteiger partial charge in [-0.3, -0.25) is 0 Å². The molecule has 10 aromatic carbocycles. The molecule has 2 aliphatic heterocycles. The molecule has 2 aliphatic rings. The van der Waals surface area contributed by atoms with Gasteiger partial charge in [0.2, 0.25) is 0 Å². The summed E-state index contributed by atoms with van der Waals surface area (Å²) in [5.74, 6) is 0.